The van der Waals surface area contributed by atoms with E-state index in [4.69, 9.17) is 14.2 Å². The predicted octanol–water partition coefficient (Wildman–Crippen LogP) is 3.01. The van der Waals surface area contributed by atoms with Crippen molar-refractivity contribution in [2.75, 3.05) is 19.0 Å². The number of carbonyl (C=O) groups is 1. The maximum Gasteiger partial charge on any atom is 0.407 e. The Bertz CT molecular complexity index is 1120. The van der Waals surface area contributed by atoms with Crippen LogP contribution in [0.4, 0.5) is 16.4 Å². The highest BCUT2D eigenvalue weighted by Crippen LogP contribution is 2.35. The summed E-state index contributed by atoms with van der Waals surface area (Å²) >= 11 is 0. The molecular formula is C21H27N7O4. The van der Waals surface area contributed by atoms with Crippen molar-refractivity contribution in [2.45, 2.75) is 57.0 Å². The van der Waals surface area contributed by atoms with Gasteiger partial charge in [-0.3, -0.25) is 5.10 Å². The molecule has 4 heterocycles. The minimum absolute atomic E-state index is 0.103. The number of alkyl carbamates (subject to hydrolysis) is 1. The average molecular weight is 441 g/mol. The maximum atomic E-state index is 12.0. The van der Waals surface area contributed by atoms with Crippen molar-refractivity contribution in [3.05, 3.63) is 35.9 Å². The van der Waals surface area contributed by atoms with Crippen molar-refractivity contribution >= 4 is 23.2 Å². The van der Waals surface area contributed by atoms with Crippen molar-refractivity contribution in [2.24, 2.45) is 0 Å². The number of rotatable bonds is 7. The van der Waals surface area contributed by atoms with E-state index < -0.39 is 0 Å². The second-order valence-electron chi connectivity index (χ2n) is 8.66. The first-order chi connectivity index (χ1) is 15.4. The summed E-state index contributed by atoms with van der Waals surface area (Å²) in [6.45, 7) is 4.31. The van der Waals surface area contributed by atoms with E-state index in [9.17, 15) is 4.79 Å². The number of methoxy groups -OCH3 is 1. The van der Waals surface area contributed by atoms with Crippen LogP contribution >= 0.6 is 0 Å². The molecule has 2 fully saturated rings. The van der Waals surface area contributed by atoms with E-state index in [1.807, 2.05) is 26.0 Å². The molecule has 0 radical (unpaired) electrons. The van der Waals surface area contributed by atoms with Crippen LogP contribution in [0.1, 0.15) is 56.7 Å². The molecule has 1 amide bonds. The molecule has 2 aliphatic rings. The standard InChI is InChI=1S/C21H27N7O4/c1-12(30-3)14-9-16-19(22-6-7-28(16)27-14)23-18-10-15(25-26-18)17-8-13(11-31-17)32-20(29)24-21(2)4-5-21/h6-7,9-10,12-13,17H,4-5,8,11H2,1-3H3,(H,24,29)(H2,22,23,25,26)/t12-,13+,17+/m0/s1. The van der Waals surface area contributed by atoms with Crippen LogP contribution in [0, 0.1) is 0 Å². The molecule has 11 nitrogen and oxygen atoms in total. The zero-order valence-corrected chi connectivity index (χ0v) is 18.3. The van der Waals surface area contributed by atoms with Gasteiger partial charge in [-0.1, -0.05) is 0 Å². The third kappa shape index (κ3) is 4.26. The van der Waals surface area contributed by atoms with Crippen LogP contribution in [0.25, 0.3) is 5.52 Å². The number of H-pyrrole nitrogens is 1. The van der Waals surface area contributed by atoms with Crippen LogP contribution in [0.2, 0.25) is 0 Å². The van der Waals surface area contributed by atoms with Crippen molar-refractivity contribution in [1.82, 2.24) is 30.1 Å². The van der Waals surface area contributed by atoms with Crippen LogP contribution < -0.4 is 10.6 Å². The molecule has 0 unspecified atom stereocenters. The van der Waals surface area contributed by atoms with Crippen molar-refractivity contribution < 1.29 is 19.0 Å². The lowest BCUT2D eigenvalue weighted by Gasteiger charge is -2.15. The van der Waals surface area contributed by atoms with Crippen LogP contribution in [0.5, 0.6) is 0 Å². The fraction of sp³-hybridized carbons (Fsp3) is 0.524. The Morgan fingerprint density at radius 1 is 1.41 bits per heavy atom. The van der Waals surface area contributed by atoms with Gasteiger partial charge >= 0.3 is 6.09 Å². The van der Waals surface area contributed by atoms with Gasteiger partial charge in [0.2, 0.25) is 0 Å². The topological polar surface area (TPSA) is 128 Å². The molecular weight excluding hydrogens is 414 g/mol. The molecule has 3 aromatic heterocycles. The second kappa shape index (κ2) is 8.06. The lowest BCUT2D eigenvalue weighted by Crippen LogP contribution is -2.37. The lowest BCUT2D eigenvalue weighted by atomic mass is 10.1. The summed E-state index contributed by atoms with van der Waals surface area (Å²) in [4.78, 5) is 16.5. The molecule has 3 aromatic rings. The van der Waals surface area contributed by atoms with E-state index in [1.165, 1.54) is 0 Å². The highest BCUT2D eigenvalue weighted by molar-refractivity contribution is 5.72. The number of carbonyl (C=O) groups excluding carboxylic acids is 1. The molecule has 3 N–H and O–H groups in total. The summed E-state index contributed by atoms with van der Waals surface area (Å²) in [6.07, 6.45) is 5.00. The van der Waals surface area contributed by atoms with Gasteiger partial charge in [0.25, 0.3) is 0 Å². The van der Waals surface area contributed by atoms with Gasteiger partial charge in [0.1, 0.15) is 17.7 Å². The van der Waals surface area contributed by atoms with E-state index in [0.717, 1.165) is 29.7 Å². The fourth-order valence-corrected chi connectivity index (χ4v) is 3.68. The third-order valence-electron chi connectivity index (χ3n) is 6.01. The summed E-state index contributed by atoms with van der Waals surface area (Å²) in [6, 6.07) is 3.81. The molecule has 1 aliphatic carbocycles. The lowest BCUT2D eigenvalue weighted by molar-refractivity contribution is 0.0675. The summed E-state index contributed by atoms with van der Waals surface area (Å²) in [5, 5.41) is 18.0. The molecule has 0 bridgehead atoms. The third-order valence-corrected chi connectivity index (χ3v) is 6.01. The zero-order valence-electron chi connectivity index (χ0n) is 18.3. The monoisotopic (exact) mass is 441 g/mol. The number of aromatic amines is 1. The van der Waals surface area contributed by atoms with Crippen LogP contribution in [0.3, 0.4) is 0 Å². The van der Waals surface area contributed by atoms with Crippen molar-refractivity contribution in [3.63, 3.8) is 0 Å². The number of nitrogens with zero attached hydrogens (tertiary/aromatic N) is 4. The summed E-state index contributed by atoms with van der Waals surface area (Å²) < 4.78 is 18.4. The molecule has 5 rings (SSSR count). The SMILES string of the molecule is CO[C@@H](C)c1cc2c(Nc3cc([C@H]4C[C@@H](OC(=O)NC5(C)CC5)CO4)[nH]n3)nccn2n1. The first kappa shape index (κ1) is 20.7. The van der Waals surface area contributed by atoms with Gasteiger partial charge < -0.3 is 24.8 Å². The van der Waals surface area contributed by atoms with Gasteiger partial charge in [-0.15, -0.1) is 0 Å². The number of nitrogens with one attached hydrogen (secondary N) is 3. The van der Waals surface area contributed by atoms with Crippen LogP contribution in [-0.2, 0) is 14.2 Å². The van der Waals surface area contributed by atoms with Gasteiger partial charge in [-0.05, 0) is 32.8 Å². The molecule has 1 aliphatic heterocycles. The number of aromatic nitrogens is 5. The smallest absolute Gasteiger partial charge is 0.407 e. The molecule has 1 saturated carbocycles. The van der Waals surface area contributed by atoms with Crippen molar-refractivity contribution in [1.29, 1.82) is 0 Å². The second-order valence-corrected chi connectivity index (χ2v) is 8.66. The number of hydrogen-bond donors (Lipinski definition) is 3. The summed E-state index contributed by atoms with van der Waals surface area (Å²) in [7, 11) is 1.65. The first-order valence-electron chi connectivity index (χ1n) is 10.7. The molecule has 0 spiro atoms. The number of amides is 1. The summed E-state index contributed by atoms with van der Waals surface area (Å²) in [5.74, 6) is 1.24. The quantitative estimate of drug-likeness (QED) is 0.511. The maximum absolute atomic E-state index is 12.0. The number of ether oxygens (including phenoxy) is 3. The van der Waals surface area contributed by atoms with E-state index >= 15 is 0 Å². The first-order valence-corrected chi connectivity index (χ1v) is 10.7. The number of anilines is 2. The fourth-order valence-electron chi connectivity index (χ4n) is 3.68. The highest BCUT2D eigenvalue weighted by Gasteiger charge is 2.40. The van der Waals surface area contributed by atoms with E-state index in [0.29, 0.717) is 24.7 Å². The largest absolute Gasteiger partial charge is 0.444 e. The zero-order chi connectivity index (χ0) is 22.3. The van der Waals surface area contributed by atoms with E-state index in [2.05, 4.69) is 30.9 Å². The Labute approximate surface area is 184 Å². The number of fused-ring (bicyclic) bond motifs is 1. The van der Waals surface area contributed by atoms with Gasteiger partial charge in [0.05, 0.1) is 24.1 Å². The Hall–Kier alpha value is -3.18. The number of hydrogen-bond acceptors (Lipinski definition) is 8. The Morgan fingerprint density at radius 3 is 3.03 bits per heavy atom. The van der Waals surface area contributed by atoms with Crippen LogP contribution in [-0.4, -0.2) is 56.2 Å². The predicted molar refractivity (Wildman–Crippen MR) is 115 cm³/mol. The van der Waals surface area contributed by atoms with E-state index in [1.54, 1.807) is 24.0 Å². The minimum Gasteiger partial charge on any atom is -0.444 e. The Balaban J connectivity index is 1.23. The van der Waals surface area contributed by atoms with E-state index in [-0.39, 0.29) is 29.9 Å². The molecule has 3 atom stereocenters. The normalized spacial score (nSPS) is 22.6. The van der Waals surface area contributed by atoms with Crippen molar-refractivity contribution in [3.8, 4) is 0 Å². The minimum atomic E-state index is -0.381. The average Bonchev–Trinajstić information content (AvgIpc) is 3.20. The Morgan fingerprint density at radius 2 is 2.25 bits per heavy atom. The highest BCUT2D eigenvalue weighted by atomic mass is 16.6. The van der Waals surface area contributed by atoms with Gasteiger partial charge in [-0.25, -0.2) is 14.3 Å². The molecule has 11 heteroatoms. The molecule has 32 heavy (non-hydrogen) atoms. The molecule has 170 valence electrons. The van der Waals surface area contributed by atoms with Gasteiger partial charge in [-0.2, -0.15) is 10.2 Å². The summed E-state index contributed by atoms with van der Waals surface area (Å²) in [5.41, 5.74) is 2.34. The van der Waals surface area contributed by atoms with Gasteiger partial charge in [0.15, 0.2) is 11.6 Å². The molecule has 1 saturated heterocycles. The molecule has 0 aromatic carbocycles. The Kier molecular flexibility index (Phi) is 5.22. The van der Waals surface area contributed by atoms with Crippen LogP contribution in [0.15, 0.2) is 24.5 Å². The van der Waals surface area contributed by atoms with Gasteiger partial charge in [0, 0.05) is 37.5 Å².